The van der Waals surface area contributed by atoms with Gasteiger partial charge in [0.1, 0.15) is 0 Å². The predicted octanol–water partition coefficient (Wildman–Crippen LogP) is -0.740. The largest absolute Gasteiger partial charge is 2.00 e. The first kappa shape index (κ1) is 15.9. The minimum Gasteiger partial charge on any atom is -0.550 e. The number of rotatable bonds is 1. The monoisotopic (exact) mass is 175 g/mol. The number of hydrogen-bond donors (Lipinski definition) is 0. The fourth-order valence-electron chi connectivity index (χ4n) is 0. The number of carbonyl (C=O) groups excluding carboxylic acids is 2. The van der Waals surface area contributed by atoms with E-state index in [1.165, 1.54) is 0 Å². The molecule has 0 aromatic heterocycles. The zero-order valence-corrected chi connectivity index (χ0v) is 6.31. The van der Waals surface area contributed by atoms with Crippen LogP contribution in [0, 0.1) is 0 Å². The summed E-state index contributed by atoms with van der Waals surface area (Å²) in [5.41, 5.74) is 0. The van der Waals surface area contributed by atoms with Gasteiger partial charge in [-0.15, -0.1) is 0 Å². The molecule has 4 heteroatoms. The van der Waals surface area contributed by atoms with Gasteiger partial charge in [-0.25, -0.2) is 0 Å². The number of carbonyl (C=O) groups is 1. The molecule has 0 spiro atoms. The summed E-state index contributed by atoms with van der Waals surface area (Å²) in [7, 11) is 0. The van der Waals surface area contributed by atoms with Crippen molar-refractivity contribution in [2.45, 2.75) is 20.3 Å². The second-order valence-electron chi connectivity index (χ2n) is 0.989. The fraction of sp³-hybridized carbons (Fsp3) is 0.600. The molecule has 0 aromatic rings. The van der Waals surface area contributed by atoms with Gasteiger partial charge in [-0.3, -0.25) is 6.29 Å². The molecule has 0 aromatic carbocycles. The topological polar surface area (TPSA) is 57.2 Å². The molecule has 0 heterocycles. The van der Waals surface area contributed by atoms with Crippen molar-refractivity contribution in [3.63, 3.8) is 0 Å². The quantitative estimate of drug-likeness (QED) is 0.493. The van der Waals surface area contributed by atoms with E-state index in [1.54, 1.807) is 13.2 Å². The van der Waals surface area contributed by atoms with E-state index in [9.17, 15) is 0 Å². The predicted molar refractivity (Wildman–Crippen MR) is 26.7 cm³/mol. The Morgan fingerprint density at radius 2 is 1.78 bits per heavy atom. The van der Waals surface area contributed by atoms with Gasteiger partial charge in [0.15, 0.2) is 0 Å². The third kappa shape index (κ3) is 583. The van der Waals surface area contributed by atoms with Crippen molar-refractivity contribution in [2.75, 3.05) is 0 Å². The van der Waals surface area contributed by atoms with Crippen molar-refractivity contribution in [1.82, 2.24) is 0 Å². The molecule has 0 bridgehead atoms. The van der Waals surface area contributed by atoms with Crippen LogP contribution in [0.3, 0.4) is 0 Å². The van der Waals surface area contributed by atoms with Gasteiger partial charge in [-0.1, -0.05) is 6.92 Å². The zero-order chi connectivity index (χ0) is 6.99. The van der Waals surface area contributed by atoms with Gasteiger partial charge in [0.25, 0.3) is 0 Å². The Balaban J connectivity index is -0.0000000720. The van der Waals surface area contributed by atoms with Gasteiger partial charge in [0, 0.05) is 5.97 Å². The van der Waals surface area contributed by atoms with Crippen molar-refractivity contribution >= 4 is 12.3 Å². The van der Waals surface area contributed by atoms with E-state index in [1.807, 2.05) is 0 Å². The minimum atomic E-state index is -1.08. The van der Waals surface area contributed by atoms with Crippen LogP contribution in [0.15, 0.2) is 0 Å². The molecule has 0 saturated heterocycles. The van der Waals surface area contributed by atoms with Gasteiger partial charge in [0.2, 0.25) is 0 Å². The summed E-state index contributed by atoms with van der Waals surface area (Å²) < 4.78 is 0. The Labute approximate surface area is 64.6 Å². The van der Waals surface area contributed by atoms with Crippen molar-refractivity contribution in [3.05, 3.63) is 0 Å². The number of carboxylic acid groups (broad SMARTS) is 1. The molecular weight excluding hydrogens is 167 g/mol. The van der Waals surface area contributed by atoms with Crippen molar-refractivity contribution in [3.8, 4) is 0 Å². The third-order valence-electron chi connectivity index (χ3n) is 0.144. The van der Waals surface area contributed by atoms with E-state index in [0.29, 0.717) is 6.42 Å². The SMILES string of the molecule is CC(=O)[O-].CC[C-]=O.[Co+2]. The normalized spacial score (nSPS) is 5.56. The molecule has 0 unspecified atom stereocenters. The molecule has 0 rings (SSSR count). The molecule has 0 saturated carbocycles. The van der Waals surface area contributed by atoms with Crippen LogP contribution in [-0.2, 0) is 26.4 Å². The Kier molecular flexibility index (Phi) is 27.6. The Morgan fingerprint density at radius 3 is 1.78 bits per heavy atom. The summed E-state index contributed by atoms with van der Waals surface area (Å²) in [5.74, 6) is -1.08. The fourth-order valence-corrected chi connectivity index (χ4v) is 0. The molecule has 9 heavy (non-hydrogen) atoms. The molecule has 0 N–H and O–H groups in total. The molecule has 0 aliphatic carbocycles. The van der Waals surface area contributed by atoms with Gasteiger partial charge in [-0.05, 0) is 6.92 Å². The van der Waals surface area contributed by atoms with Crippen LogP contribution in [0.2, 0.25) is 0 Å². The molecule has 0 aliphatic rings. The number of carboxylic acids is 1. The number of hydrogen-bond acceptors (Lipinski definition) is 3. The van der Waals surface area contributed by atoms with E-state index < -0.39 is 5.97 Å². The molecular formula is C5H8CoO3. The second-order valence-corrected chi connectivity index (χ2v) is 0.989. The first-order valence-corrected chi connectivity index (χ1v) is 2.17. The van der Waals surface area contributed by atoms with Gasteiger partial charge in [-0.2, -0.15) is 6.42 Å². The second kappa shape index (κ2) is 15.6. The molecule has 0 fully saturated rings. The van der Waals surface area contributed by atoms with Crippen LogP contribution in [0.4, 0.5) is 0 Å². The first-order chi connectivity index (χ1) is 3.65. The maximum atomic E-state index is 9.05. The number of aliphatic carboxylic acids is 1. The van der Waals surface area contributed by atoms with Crippen LogP contribution < -0.4 is 5.11 Å². The minimum absolute atomic E-state index is 0. The van der Waals surface area contributed by atoms with E-state index in [-0.39, 0.29) is 16.8 Å². The summed E-state index contributed by atoms with van der Waals surface area (Å²) in [6, 6.07) is 0. The van der Waals surface area contributed by atoms with Crippen LogP contribution in [0.5, 0.6) is 0 Å². The molecule has 3 nitrogen and oxygen atoms in total. The Hall–Kier alpha value is -0.354. The molecule has 0 amide bonds. The van der Waals surface area contributed by atoms with E-state index in [4.69, 9.17) is 14.7 Å². The van der Waals surface area contributed by atoms with Crippen LogP contribution in [0.1, 0.15) is 20.3 Å². The third-order valence-corrected chi connectivity index (χ3v) is 0.144. The van der Waals surface area contributed by atoms with Crippen molar-refractivity contribution < 1.29 is 31.5 Å². The van der Waals surface area contributed by atoms with Crippen LogP contribution in [-0.4, -0.2) is 12.3 Å². The molecule has 55 valence electrons. The first-order valence-electron chi connectivity index (χ1n) is 2.17. The van der Waals surface area contributed by atoms with E-state index in [0.717, 1.165) is 6.92 Å². The van der Waals surface area contributed by atoms with Gasteiger partial charge < -0.3 is 14.7 Å². The summed E-state index contributed by atoms with van der Waals surface area (Å²) in [6.45, 7) is 2.73. The summed E-state index contributed by atoms with van der Waals surface area (Å²) in [5, 5.41) is 8.89. The van der Waals surface area contributed by atoms with Gasteiger partial charge >= 0.3 is 16.8 Å². The summed E-state index contributed by atoms with van der Waals surface area (Å²) in [6.07, 6.45) is 2.19. The summed E-state index contributed by atoms with van der Waals surface area (Å²) >= 11 is 0. The zero-order valence-electron chi connectivity index (χ0n) is 5.27. The average molecular weight is 175 g/mol. The Bertz CT molecular complexity index is 68.6. The maximum absolute atomic E-state index is 9.05. The Morgan fingerprint density at radius 1 is 1.67 bits per heavy atom. The molecule has 1 radical (unpaired) electrons. The van der Waals surface area contributed by atoms with Crippen LogP contribution >= 0.6 is 0 Å². The van der Waals surface area contributed by atoms with Gasteiger partial charge in [0.05, 0.1) is 0 Å². The summed E-state index contributed by atoms with van der Waals surface area (Å²) in [4.78, 5) is 17.9. The van der Waals surface area contributed by atoms with Crippen molar-refractivity contribution in [2.24, 2.45) is 0 Å². The standard InChI is InChI=1S/C3H5O.C2H4O2.Co/c1-2-3-4;1-2(3)4;/h2H2,1H3;1H3,(H,3,4);/q-1;;+2/p-1. The molecule has 0 aliphatic heterocycles. The van der Waals surface area contributed by atoms with Crippen LogP contribution in [0.25, 0.3) is 0 Å². The van der Waals surface area contributed by atoms with E-state index in [2.05, 4.69) is 0 Å². The van der Waals surface area contributed by atoms with E-state index >= 15 is 0 Å². The maximum Gasteiger partial charge on any atom is 2.00 e. The van der Waals surface area contributed by atoms with Crippen molar-refractivity contribution in [1.29, 1.82) is 0 Å². The average Bonchev–Trinajstić information content (AvgIpc) is 1.65. The smallest absolute Gasteiger partial charge is 0.550 e. The molecule has 0 atom stereocenters.